The average molecular weight is 220 g/mol. The van der Waals surface area contributed by atoms with Gasteiger partial charge in [0.2, 0.25) is 0 Å². The third kappa shape index (κ3) is 2.42. The second-order valence-corrected chi connectivity index (χ2v) is 3.10. The van der Waals surface area contributed by atoms with Gasteiger partial charge in [-0.25, -0.2) is 0 Å². The zero-order chi connectivity index (χ0) is 10.7. The van der Waals surface area contributed by atoms with E-state index in [1.165, 1.54) is 6.07 Å². The third-order valence-electron chi connectivity index (χ3n) is 1.65. The maximum absolute atomic E-state index is 11.9. The number of anilines is 1. The van der Waals surface area contributed by atoms with E-state index in [0.717, 1.165) is 5.56 Å². The van der Waals surface area contributed by atoms with Crippen LogP contribution in [0.2, 0.25) is 5.02 Å². The van der Waals surface area contributed by atoms with Crippen molar-refractivity contribution in [2.75, 3.05) is 5.32 Å². The van der Waals surface area contributed by atoms with Crippen LogP contribution in [0.15, 0.2) is 18.2 Å². The van der Waals surface area contributed by atoms with Crippen molar-refractivity contribution in [2.24, 2.45) is 0 Å². The standard InChI is InChI=1S/C9H8ClF2NO/c1-5-3-2-4-6(7(5)10)13-9(14)8(11)12/h2-4,8H,1H3,(H,13,14). The number of hydrogen-bond acceptors (Lipinski definition) is 1. The molecule has 76 valence electrons. The van der Waals surface area contributed by atoms with Crippen molar-refractivity contribution >= 4 is 23.2 Å². The Labute approximate surface area is 84.9 Å². The van der Waals surface area contributed by atoms with Gasteiger partial charge in [-0.15, -0.1) is 0 Å². The Kier molecular flexibility index (Phi) is 3.41. The molecule has 1 amide bonds. The van der Waals surface area contributed by atoms with Crippen LogP contribution in [0.3, 0.4) is 0 Å². The van der Waals surface area contributed by atoms with E-state index in [1.807, 2.05) is 5.32 Å². The molecule has 1 N–H and O–H groups in total. The van der Waals surface area contributed by atoms with Crippen LogP contribution in [-0.2, 0) is 4.79 Å². The maximum Gasteiger partial charge on any atom is 0.315 e. The molecule has 0 saturated heterocycles. The summed E-state index contributed by atoms with van der Waals surface area (Å²) in [7, 11) is 0. The first-order chi connectivity index (χ1) is 6.52. The zero-order valence-electron chi connectivity index (χ0n) is 7.35. The molecule has 0 heterocycles. The fourth-order valence-electron chi connectivity index (χ4n) is 0.931. The van der Waals surface area contributed by atoms with Crippen LogP contribution in [0.25, 0.3) is 0 Å². The third-order valence-corrected chi connectivity index (χ3v) is 2.15. The monoisotopic (exact) mass is 219 g/mol. The van der Waals surface area contributed by atoms with Crippen LogP contribution in [0, 0.1) is 6.92 Å². The molecule has 0 aliphatic rings. The summed E-state index contributed by atoms with van der Waals surface area (Å²) >= 11 is 5.78. The van der Waals surface area contributed by atoms with Gasteiger partial charge in [-0.05, 0) is 18.6 Å². The van der Waals surface area contributed by atoms with E-state index < -0.39 is 12.3 Å². The second kappa shape index (κ2) is 4.37. The number of rotatable bonds is 2. The van der Waals surface area contributed by atoms with Crippen LogP contribution in [0.1, 0.15) is 5.56 Å². The highest BCUT2D eigenvalue weighted by molar-refractivity contribution is 6.34. The lowest BCUT2D eigenvalue weighted by molar-refractivity contribution is -0.126. The summed E-state index contributed by atoms with van der Waals surface area (Å²) in [5, 5.41) is 2.31. The fraction of sp³-hybridized carbons (Fsp3) is 0.222. The molecule has 1 rings (SSSR count). The molecular weight excluding hydrogens is 212 g/mol. The van der Waals surface area contributed by atoms with Crippen LogP contribution in [0.4, 0.5) is 14.5 Å². The predicted octanol–water partition coefficient (Wildman–Crippen LogP) is 2.85. The van der Waals surface area contributed by atoms with E-state index in [-0.39, 0.29) is 10.7 Å². The summed E-state index contributed by atoms with van der Waals surface area (Å²) < 4.78 is 23.8. The van der Waals surface area contributed by atoms with Crippen molar-refractivity contribution in [1.29, 1.82) is 0 Å². The first kappa shape index (κ1) is 10.9. The lowest BCUT2D eigenvalue weighted by Gasteiger charge is -2.07. The maximum atomic E-state index is 11.9. The molecule has 1 aromatic carbocycles. The van der Waals surface area contributed by atoms with Gasteiger partial charge >= 0.3 is 6.43 Å². The minimum Gasteiger partial charge on any atom is -0.320 e. The van der Waals surface area contributed by atoms with E-state index >= 15 is 0 Å². The minimum atomic E-state index is -3.04. The molecule has 1 aromatic rings. The lowest BCUT2D eigenvalue weighted by atomic mass is 10.2. The molecule has 0 aliphatic heterocycles. The Hall–Kier alpha value is -1.16. The van der Waals surface area contributed by atoms with Crippen molar-refractivity contribution in [2.45, 2.75) is 13.3 Å². The van der Waals surface area contributed by atoms with Crippen molar-refractivity contribution < 1.29 is 13.6 Å². The van der Waals surface area contributed by atoms with Gasteiger partial charge in [0.25, 0.3) is 5.91 Å². The summed E-state index contributed by atoms with van der Waals surface area (Å²) in [6, 6.07) is 4.82. The number of alkyl halides is 2. The topological polar surface area (TPSA) is 29.1 Å². The van der Waals surface area contributed by atoms with E-state index in [4.69, 9.17) is 11.6 Å². The molecule has 14 heavy (non-hydrogen) atoms. The lowest BCUT2D eigenvalue weighted by Crippen LogP contribution is -2.20. The highest BCUT2D eigenvalue weighted by atomic mass is 35.5. The molecule has 0 unspecified atom stereocenters. The second-order valence-electron chi connectivity index (χ2n) is 2.73. The number of carbonyl (C=O) groups is 1. The molecule has 0 aliphatic carbocycles. The quantitative estimate of drug-likeness (QED) is 0.814. The highest BCUT2D eigenvalue weighted by Crippen LogP contribution is 2.25. The van der Waals surface area contributed by atoms with E-state index in [2.05, 4.69) is 0 Å². The summed E-state index contributed by atoms with van der Waals surface area (Å²) in [5.41, 5.74) is 0.927. The van der Waals surface area contributed by atoms with Crippen LogP contribution >= 0.6 is 11.6 Å². The summed E-state index contributed by atoms with van der Waals surface area (Å²) in [6.07, 6.45) is -3.04. The van der Waals surface area contributed by atoms with Crippen molar-refractivity contribution in [3.05, 3.63) is 28.8 Å². The molecular formula is C9H8ClF2NO. The van der Waals surface area contributed by atoms with Crippen LogP contribution in [0.5, 0.6) is 0 Å². The summed E-state index contributed by atoms with van der Waals surface area (Å²) in [5.74, 6) is -1.35. The molecule has 0 fully saturated rings. The molecule has 0 bridgehead atoms. The van der Waals surface area contributed by atoms with Crippen LogP contribution in [-0.4, -0.2) is 12.3 Å². The number of aryl methyl sites for hydroxylation is 1. The van der Waals surface area contributed by atoms with Gasteiger partial charge in [0, 0.05) is 0 Å². The smallest absolute Gasteiger partial charge is 0.315 e. The van der Waals surface area contributed by atoms with Crippen molar-refractivity contribution in [3.63, 3.8) is 0 Å². The molecule has 0 radical (unpaired) electrons. The number of carbonyl (C=O) groups excluding carboxylic acids is 1. The summed E-state index contributed by atoms with van der Waals surface area (Å²) in [6.45, 7) is 1.72. The number of amides is 1. The van der Waals surface area contributed by atoms with Gasteiger partial charge in [-0.1, -0.05) is 23.7 Å². The Morgan fingerprint density at radius 2 is 2.14 bits per heavy atom. The Morgan fingerprint density at radius 3 is 2.71 bits per heavy atom. The summed E-state index contributed by atoms with van der Waals surface area (Å²) in [4.78, 5) is 10.7. The van der Waals surface area contributed by atoms with Gasteiger partial charge in [0.05, 0.1) is 10.7 Å². The van der Waals surface area contributed by atoms with E-state index in [9.17, 15) is 13.6 Å². The molecule has 5 heteroatoms. The Balaban J connectivity index is 2.87. The zero-order valence-corrected chi connectivity index (χ0v) is 8.11. The Morgan fingerprint density at radius 1 is 1.50 bits per heavy atom. The van der Waals surface area contributed by atoms with E-state index in [1.54, 1.807) is 19.1 Å². The van der Waals surface area contributed by atoms with Gasteiger partial charge < -0.3 is 5.32 Å². The van der Waals surface area contributed by atoms with Gasteiger partial charge in [0.1, 0.15) is 0 Å². The average Bonchev–Trinajstić information content (AvgIpc) is 2.12. The van der Waals surface area contributed by atoms with Gasteiger partial charge in [-0.3, -0.25) is 4.79 Å². The number of nitrogens with one attached hydrogen (secondary N) is 1. The van der Waals surface area contributed by atoms with Crippen molar-refractivity contribution in [3.8, 4) is 0 Å². The number of benzene rings is 1. The SMILES string of the molecule is Cc1cccc(NC(=O)C(F)F)c1Cl. The van der Waals surface area contributed by atoms with Gasteiger partial charge in [0.15, 0.2) is 0 Å². The predicted molar refractivity (Wildman–Crippen MR) is 50.8 cm³/mol. The molecule has 0 aromatic heterocycles. The number of halogens is 3. The number of hydrogen-bond donors (Lipinski definition) is 1. The fourth-order valence-corrected chi connectivity index (χ4v) is 1.10. The first-order valence-corrected chi connectivity index (χ1v) is 4.24. The van der Waals surface area contributed by atoms with Gasteiger partial charge in [-0.2, -0.15) is 8.78 Å². The molecule has 2 nitrogen and oxygen atoms in total. The molecule has 0 atom stereocenters. The molecule has 0 saturated carbocycles. The first-order valence-electron chi connectivity index (χ1n) is 3.86. The van der Waals surface area contributed by atoms with E-state index in [0.29, 0.717) is 0 Å². The Bertz CT molecular complexity index is 355. The van der Waals surface area contributed by atoms with Crippen LogP contribution < -0.4 is 5.32 Å². The minimum absolute atomic E-state index is 0.206. The normalized spacial score (nSPS) is 10.4. The van der Waals surface area contributed by atoms with Crippen molar-refractivity contribution in [1.82, 2.24) is 0 Å². The largest absolute Gasteiger partial charge is 0.320 e. The highest BCUT2D eigenvalue weighted by Gasteiger charge is 2.16. The molecule has 0 spiro atoms.